The molecule has 4 nitrogen and oxygen atoms in total. The SMILES string of the molecule is Cc1ccc(S(=O)(=O)C(c2cccc(C(F)(F)F)c2)c2c[nH]c3ncccc23)cc1. The third-order valence-corrected chi connectivity index (χ3v) is 7.02. The molecular formula is C22H17F3N2O2S. The van der Waals surface area contributed by atoms with Crippen molar-refractivity contribution < 1.29 is 21.6 Å². The Hall–Kier alpha value is -3.13. The van der Waals surface area contributed by atoms with Gasteiger partial charge in [-0.1, -0.05) is 35.9 Å². The van der Waals surface area contributed by atoms with E-state index in [1.165, 1.54) is 30.5 Å². The van der Waals surface area contributed by atoms with Crippen molar-refractivity contribution >= 4 is 20.9 Å². The quantitative estimate of drug-likeness (QED) is 0.468. The summed E-state index contributed by atoms with van der Waals surface area (Å²) < 4.78 is 67.2. The summed E-state index contributed by atoms with van der Waals surface area (Å²) in [5.74, 6) is 0. The van der Waals surface area contributed by atoms with Crippen molar-refractivity contribution in [3.63, 3.8) is 0 Å². The molecule has 0 saturated carbocycles. The molecule has 8 heteroatoms. The molecule has 1 unspecified atom stereocenters. The molecule has 0 aliphatic heterocycles. The highest BCUT2D eigenvalue weighted by atomic mass is 32.2. The summed E-state index contributed by atoms with van der Waals surface area (Å²) in [4.78, 5) is 7.12. The minimum absolute atomic E-state index is 0.0359. The molecule has 1 atom stereocenters. The lowest BCUT2D eigenvalue weighted by atomic mass is 10.0. The molecule has 2 aromatic heterocycles. The van der Waals surface area contributed by atoms with Gasteiger partial charge in [0.2, 0.25) is 0 Å². The molecule has 30 heavy (non-hydrogen) atoms. The van der Waals surface area contributed by atoms with E-state index in [9.17, 15) is 21.6 Å². The van der Waals surface area contributed by atoms with E-state index in [2.05, 4.69) is 9.97 Å². The summed E-state index contributed by atoms with van der Waals surface area (Å²) in [5.41, 5.74) is 0.819. The van der Waals surface area contributed by atoms with Gasteiger partial charge in [0.05, 0.1) is 10.5 Å². The number of aromatic nitrogens is 2. The van der Waals surface area contributed by atoms with Gasteiger partial charge in [-0.05, 0) is 42.8 Å². The first kappa shape index (κ1) is 20.2. The number of benzene rings is 2. The monoisotopic (exact) mass is 430 g/mol. The van der Waals surface area contributed by atoms with E-state index in [0.29, 0.717) is 16.6 Å². The molecule has 0 spiro atoms. The van der Waals surface area contributed by atoms with Crippen molar-refractivity contribution in [3.05, 3.63) is 95.3 Å². The van der Waals surface area contributed by atoms with Crippen LogP contribution in [-0.2, 0) is 16.0 Å². The zero-order valence-electron chi connectivity index (χ0n) is 15.8. The van der Waals surface area contributed by atoms with Gasteiger partial charge in [-0.2, -0.15) is 13.2 Å². The number of aryl methyl sites for hydroxylation is 1. The average Bonchev–Trinajstić information content (AvgIpc) is 3.12. The number of halogens is 3. The van der Waals surface area contributed by atoms with E-state index in [0.717, 1.165) is 17.7 Å². The van der Waals surface area contributed by atoms with Crippen molar-refractivity contribution in [3.8, 4) is 0 Å². The van der Waals surface area contributed by atoms with E-state index < -0.39 is 26.8 Å². The standard InChI is InChI=1S/C22H17F3N2O2S/c1-14-7-9-17(10-8-14)30(28,29)20(15-4-2-5-16(12-15)22(23,24)25)19-13-27-21-18(19)6-3-11-26-21/h2-13,20H,1H3,(H,26,27). The van der Waals surface area contributed by atoms with Gasteiger partial charge < -0.3 is 4.98 Å². The number of nitrogens with zero attached hydrogens (tertiary/aromatic N) is 1. The Balaban J connectivity index is 1.98. The highest BCUT2D eigenvalue weighted by Crippen LogP contribution is 2.40. The van der Waals surface area contributed by atoms with Gasteiger partial charge in [-0.15, -0.1) is 0 Å². The number of fused-ring (bicyclic) bond motifs is 1. The van der Waals surface area contributed by atoms with Crippen LogP contribution in [-0.4, -0.2) is 18.4 Å². The van der Waals surface area contributed by atoms with Crippen molar-refractivity contribution in [1.29, 1.82) is 0 Å². The lowest BCUT2D eigenvalue weighted by Crippen LogP contribution is -2.16. The molecule has 0 aliphatic rings. The summed E-state index contributed by atoms with van der Waals surface area (Å²) in [7, 11) is -4.06. The number of sulfone groups is 1. The average molecular weight is 430 g/mol. The van der Waals surface area contributed by atoms with Crippen LogP contribution in [0.1, 0.15) is 27.5 Å². The predicted octanol–water partition coefficient (Wildman–Crippen LogP) is 5.45. The number of hydrogen-bond donors (Lipinski definition) is 1. The maximum atomic E-state index is 13.6. The highest BCUT2D eigenvalue weighted by molar-refractivity contribution is 7.92. The Bertz CT molecular complexity index is 1310. The van der Waals surface area contributed by atoms with Crippen molar-refractivity contribution in [2.75, 3.05) is 0 Å². The zero-order valence-corrected chi connectivity index (χ0v) is 16.6. The minimum atomic E-state index is -4.59. The predicted molar refractivity (Wildman–Crippen MR) is 108 cm³/mol. The molecule has 1 N–H and O–H groups in total. The van der Waals surface area contributed by atoms with Crippen LogP contribution in [0, 0.1) is 6.92 Å². The van der Waals surface area contributed by atoms with Gasteiger partial charge in [0.15, 0.2) is 9.84 Å². The second-order valence-electron chi connectivity index (χ2n) is 7.00. The first-order chi connectivity index (χ1) is 14.2. The minimum Gasteiger partial charge on any atom is -0.346 e. The molecule has 4 aromatic rings. The second-order valence-corrected chi connectivity index (χ2v) is 9.04. The van der Waals surface area contributed by atoms with Crippen LogP contribution in [0.2, 0.25) is 0 Å². The van der Waals surface area contributed by atoms with Gasteiger partial charge in [0.25, 0.3) is 0 Å². The molecule has 2 heterocycles. The zero-order chi connectivity index (χ0) is 21.5. The lowest BCUT2D eigenvalue weighted by molar-refractivity contribution is -0.137. The Morgan fingerprint density at radius 2 is 1.73 bits per heavy atom. The Morgan fingerprint density at radius 1 is 1.00 bits per heavy atom. The Morgan fingerprint density at radius 3 is 2.43 bits per heavy atom. The summed E-state index contributed by atoms with van der Waals surface area (Å²) in [6.07, 6.45) is -1.54. The fourth-order valence-electron chi connectivity index (χ4n) is 3.46. The molecule has 0 bridgehead atoms. The van der Waals surface area contributed by atoms with Crippen LogP contribution in [0.3, 0.4) is 0 Å². The molecule has 0 fully saturated rings. The van der Waals surface area contributed by atoms with E-state index >= 15 is 0 Å². The van der Waals surface area contributed by atoms with E-state index in [-0.39, 0.29) is 10.5 Å². The maximum Gasteiger partial charge on any atom is 0.416 e. The van der Waals surface area contributed by atoms with Crippen molar-refractivity contribution in [2.45, 2.75) is 23.2 Å². The van der Waals surface area contributed by atoms with Crippen LogP contribution in [0.5, 0.6) is 0 Å². The number of nitrogens with one attached hydrogen (secondary N) is 1. The normalized spacial score (nSPS) is 13.5. The number of pyridine rings is 1. The molecule has 0 radical (unpaired) electrons. The molecule has 0 aliphatic carbocycles. The number of rotatable bonds is 4. The van der Waals surface area contributed by atoms with E-state index in [1.807, 2.05) is 6.92 Å². The number of H-pyrrole nitrogens is 1. The summed E-state index contributed by atoms with van der Waals surface area (Å²) in [6.45, 7) is 1.83. The van der Waals surface area contributed by atoms with Crippen LogP contribution < -0.4 is 0 Å². The smallest absolute Gasteiger partial charge is 0.346 e. The third-order valence-electron chi connectivity index (χ3n) is 4.94. The topological polar surface area (TPSA) is 62.8 Å². The van der Waals surface area contributed by atoms with Gasteiger partial charge >= 0.3 is 6.18 Å². The van der Waals surface area contributed by atoms with Gasteiger partial charge in [0.1, 0.15) is 10.9 Å². The second kappa shape index (κ2) is 7.28. The molecule has 0 amide bonds. The molecule has 154 valence electrons. The fourth-order valence-corrected chi connectivity index (χ4v) is 5.28. The summed E-state index contributed by atoms with van der Waals surface area (Å²) in [5, 5.41) is -0.795. The largest absolute Gasteiger partial charge is 0.416 e. The molecule has 2 aromatic carbocycles. The third kappa shape index (κ3) is 3.59. The van der Waals surface area contributed by atoms with Crippen LogP contribution in [0.15, 0.2) is 78.0 Å². The Kier molecular flexibility index (Phi) is 4.89. The molecular weight excluding hydrogens is 413 g/mol. The van der Waals surface area contributed by atoms with E-state index in [1.54, 1.807) is 30.5 Å². The summed E-state index contributed by atoms with van der Waals surface area (Å²) >= 11 is 0. The van der Waals surface area contributed by atoms with Gasteiger partial charge in [-0.25, -0.2) is 13.4 Å². The van der Waals surface area contributed by atoms with Crippen LogP contribution in [0.4, 0.5) is 13.2 Å². The van der Waals surface area contributed by atoms with Crippen molar-refractivity contribution in [2.24, 2.45) is 0 Å². The summed E-state index contributed by atoms with van der Waals surface area (Å²) in [6, 6.07) is 14.1. The number of alkyl halides is 3. The first-order valence-corrected chi connectivity index (χ1v) is 10.6. The fraction of sp³-hybridized carbons (Fsp3) is 0.136. The van der Waals surface area contributed by atoms with E-state index in [4.69, 9.17) is 0 Å². The van der Waals surface area contributed by atoms with Crippen molar-refractivity contribution in [1.82, 2.24) is 9.97 Å². The molecule has 0 saturated heterocycles. The number of aromatic amines is 1. The maximum absolute atomic E-state index is 13.6. The Labute approximate surface area is 171 Å². The number of hydrogen-bond acceptors (Lipinski definition) is 3. The first-order valence-electron chi connectivity index (χ1n) is 9.07. The van der Waals surface area contributed by atoms with Crippen LogP contribution >= 0.6 is 0 Å². The van der Waals surface area contributed by atoms with Gasteiger partial charge in [0, 0.05) is 23.3 Å². The van der Waals surface area contributed by atoms with Crippen LogP contribution in [0.25, 0.3) is 11.0 Å². The molecule has 4 rings (SSSR count). The highest BCUT2D eigenvalue weighted by Gasteiger charge is 2.36. The van der Waals surface area contributed by atoms with Gasteiger partial charge in [-0.3, -0.25) is 0 Å². The lowest BCUT2D eigenvalue weighted by Gasteiger charge is -2.20.